The van der Waals surface area contributed by atoms with Gasteiger partial charge in [-0.15, -0.1) is 0 Å². The van der Waals surface area contributed by atoms with Crippen molar-refractivity contribution in [3.63, 3.8) is 0 Å². The first kappa shape index (κ1) is 14.0. The Morgan fingerprint density at radius 1 is 1.24 bits per heavy atom. The molecule has 0 heterocycles. The van der Waals surface area contributed by atoms with Crippen molar-refractivity contribution in [1.29, 1.82) is 0 Å². The highest BCUT2D eigenvalue weighted by Gasteiger charge is 2.14. The highest BCUT2D eigenvalue weighted by molar-refractivity contribution is 5.55. The normalized spacial score (nSPS) is 12.4. The van der Waals surface area contributed by atoms with Gasteiger partial charge in [0, 0.05) is 0 Å². The van der Waals surface area contributed by atoms with Gasteiger partial charge in [-0.1, -0.05) is 64.0 Å². The molecule has 0 nitrogen and oxygen atoms in total. The van der Waals surface area contributed by atoms with E-state index in [2.05, 4.69) is 45.5 Å². The monoisotopic (exact) mass is 230 g/mol. The summed E-state index contributed by atoms with van der Waals surface area (Å²) in [6.07, 6.45) is 8.56. The van der Waals surface area contributed by atoms with Crippen molar-refractivity contribution in [2.45, 2.75) is 58.8 Å². The van der Waals surface area contributed by atoms with E-state index in [1.165, 1.54) is 48.8 Å². The van der Waals surface area contributed by atoms with E-state index >= 15 is 0 Å². The van der Waals surface area contributed by atoms with Crippen molar-refractivity contribution in [2.24, 2.45) is 0 Å². The number of unbranched alkanes of at least 4 members (excludes halogenated alkanes) is 2. The van der Waals surface area contributed by atoms with Gasteiger partial charge in [-0.3, -0.25) is 0 Å². The molecule has 0 amide bonds. The Bertz CT molecular complexity index is 349. The van der Waals surface area contributed by atoms with Crippen LogP contribution in [0.3, 0.4) is 0 Å². The summed E-state index contributed by atoms with van der Waals surface area (Å²) in [7, 11) is 0. The second-order valence-corrected chi connectivity index (χ2v) is 4.88. The van der Waals surface area contributed by atoms with Gasteiger partial charge in [0.25, 0.3) is 0 Å². The van der Waals surface area contributed by atoms with Gasteiger partial charge < -0.3 is 0 Å². The maximum absolute atomic E-state index is 3.95. The van der Waals surface area contributed by atoms with E-state index in [1.807, 2.05) is 6.08 Å². The number of hydrogen-bond donors (Lipinski definition) is 0. The van der Waals surface area contributed by atoms with Gasteiger partial charge in [-0.2, -0.15) is 0 Å². The average molecular weight is 230 g/mol. The van der Waals surface area contributed by atoms with Gasteiger partial charge in [-0.25, -0.2) is 0 Å². The van der Waals surface area contributed by atoms with Crippen LogP contribution in [0.4, 0.5) is 0 Å². The van der Waals surface area contributed by atoms with Crippen LogP contribution in [0.2, 0.25) is 0 Å². The van der Waals surface area contributed by atoms with Crippen LogP contribution in [0.1, 0.15) is 68.6 Å². The molecule has 0 bridgehead atoms. The van der Waals surface area contributed by atoms with Gasteiger partial charge in [0.1, 0.15) is 0 Å². The fraction of sp³-hybridized carbons (Fsp3) is 0.529. The second kappa shape index (κ2) is 7.32. The maximum atomic E-state index is 3.95. The lowest BCUT2D eigenvalue weighted by molar-refractivity contribution is 0.551. The molecule has 0 spiro atoms. The summed E-state index contributed by atoms with van der Waals surface area (Å²) in [5, 5.41) is 0. The average Bonchev–Trinajstić information content (AvgIpc) is 2.35. The smallest absolute Gasteiger partial charge is 0.0156 e. The van der Waals surface area contributed by atoms with E-state index in [4.69, 9.17) is 0 Å². The van der Waals surface area contributed by atoms with Crippen LogP contribution in [0.5, 0.6) is 0 Å². The molecule has 94 valence electrons. The molecule has 1 atom stereocenters. The molecule has 0 radical (unpaired) electrons. The van der Waals surface area contributed by atoms with Crippen molar-refractivity contribution in [3.05, 3.63) is 41.5 Å². The molecule has 1 aromatic rings. The Hall–Kier alpha value is -1.04. The van der Waals surface area contributed by atoms with Gasteiger partial charge in [0.15, 0.2) is 0 Å². The summed E-state index contributed by atoms with van der Waals surface area (Å²) in [4.78, 5) is 0. The van der Waals surface area contributed by atoms with Gasteiger partial charge >= 0.3 is 0 Å². The second-order valence-electron chi connectivity index (χ2n) is 4.88. The SMILES string of the molecule is C=Cc1cccc(C)c1C(CC)CCCCC. The van der Waals surface area contributed by atoms with Crippen LogP contribution >= 0.6 is 0 Å². The molecule has 17 heavy (non-hydrogen) atoms. The first-order chi connectivity index (χ1) is 8.24. The predicted octanol–water partition coefficient (Wildman–Crippen LogP) is 5.71. The third kappa shape index (κ3) is 3.73. The number of hydrogen-bond acceptors (Lipinski definition) is 0. The van der Waals surface area contributed by atoms with Crippen molar-refractivity contribution in [2.75, 3.05) is 0 Å². The van der Waals surface area contributed by atoms with Gasteiger partial charge in [0.05, 0.1) is 0 Å². The summed E-state index contributed by atoms with van der Waals surface area (Å²) in [5.74, 6) is 0.704. The summed E-state index contributed by atoms with van der Waals surface area (Å²) in [6, 6.07) is 6.55. The van der Waals surface area contributed by atoms with Crippen LogP contribution in [-0.2, 0) is 0 Å². The molecule has 1 unspecified atom stereocenters. The van der Waals surface area contributed by atoms with Crippen LogP contribution in [0.25, 0.3) is 6.08 Å². The molecule has 0 aliphatic carbocycles. The minimum Gasteiger partial charge on any atom is -0.0985 e. The summed E-state index contributed by atoms with van der Waals surface area (Å²) in [5.41, 5.74) is 4.28. The molecule has 0 heteroatoms. The fourth-order valence-electron chi connectivity index (χ4n) is 2.63. The van der Waals surface area contributed by atoms with E-state index in [1.54, 1.807) is 0 Å². The first-order valence-electron chi connectivity index (χ1n) is 6.96. The molecule has 0 saturated heterocycles. The molecule has 0 saturated carbocycles. The third-order valence-electron chi connectivity index (χ3n) is 3.63. The molecule has 0 fully saturated rings. The zero-order valence-electron chi connectivity index (χ0n) is 11.6. The maximum Gasteiger partial charge on any atom is -0.0156 e. The molecule has 0 N–H and O–H groups in total. The zero-order valence-corrected chi connectivity index (χ0v) is 11.6. The van der Waals surface area contributed by atoms with E-state index in [0.717, 1.165) is 0 Å². The minimum atomic E-state index is 0.704. The topological polar surface area (TPSA) is 0 Å². The summed E-state index contributed by atoms with van der Waals surface area (Å²) in [6.45, 7) is 10.7. The molecule has 1 aromatic carbocycles. The van der Waals surface area contributed by atoms with E-state index in [-0.39, 0.29) is 0 Å². The Morgan fingerprint density at radius 3 is 2.59 bits per heavy atom. The molecule has 0 aliphatic heterocycles. The lowest BCUT2D eigenvalue weighted by Crippen LogP contribution is -2.03. The van der Waals surface area contributed by atoms with E-state index in [0.29, 0.717) is 5.92 Å². The zero-order chi connectivity index (χ0) is 12.7. The molecular weight excluding hydrogens is 204 g/mol. The van der Waals surface area contributed by atoms with E-state index < -0.39 is 0 Å². The van der Waals surface area contributed by atoms with Crippen LogP contribution < -0.4 is 0 Å². The Morgan fingerprint density at radius 2 is 2.00 bits per heavy atom. The fourth-order valence-corrected chi connectivity index (χ4v) is 2.63. The number of rotatable bonds is 7. The van der Waals surface area contributed by atoms with Crippen molar-refractivity contribution >= 4 is 6.08 Å². The standard InChI is InChI=1S/C17H26/c1-5-8-9-12-15(6-2)17-14(4)11-10-13-16(17)7-3/h7,10-11,13,15H,3,5-6,8-9,12H2,1-2,4H3. The summed E-state index contributed by atoms with van der Waals surface area (Å²) >= 11 is 0. The third-order valence-corrected chi connectivity index (χ3v) is 3.63. The van der Waals surface area contributed by atoms with E-state index in [9.17, 15) is 0 Å². The van der Waals surface area contributed by atoms with Crippen molar-refractivity contribution in [3.8, 4) is 0 Å². The number of benzene rings is 1. The largest absolute Gasteiger partial charge is 0.0985 e. The van der Waals surface area contributed by atoms with Crippen LogP contribution in [0.15, 0.2) is 24.8 Å². The Balaban J connectivity index is 2.90. The minimum absolute atomic E-state index is 0.704. The number of aryl methyl sites for hydroxylation is 1. The van der Waals surface area contributed by atoms with Gasteiger partial charge in [0.2, 0.25) is 0 Å². The molecular formula is C17H26. The van der Waals surface area contributed by atoms with Crippen molar-refractivity contribution in [1.82, 2.24) is 0 Å². The Kier molecular flexibility index (Phi) is 6.04. The molecule has 0 aliphatic rings. The molecule has 0 aromatic heterocycles. The highest BCUT2D eigenvalue weighted by atomic mass is 14.2. The van der Waals surface area contributed by atoms with Crippen LogP contribution in [-0.4, -0.2) is 0 Å². The highest BCUT2D eigenvalue weighted by Crippen LogP contribution is 2.31. The predicted molar refractivity (Wildman–Crippen MR) is 78.4 cm³/mol. The van der Waals surface area contributed by atoms with Crippen LogP contribution in [0, 0.1) is 6.92 Å². The Labute approximate surface area is 107 Å². The first-order valence-corrected chi connectivity index (χ1v) is 6.96. The quantitative estimate of drug-likeness (QED) is 0.526. The lowest BCUT2D eigenvalue weighted by atomic mass is 9.85. The lowest BCUT2D eigenvalue weighted by Gasteiger charge is -2.20. The van der Waals surface area contributed by atoms with Crippen molar-refractivity contribution < 1.29 is 0 Å². The molecule has 1 rings (SSSR count). The van der Waals surface area contributed by atoms with Gasteiger partial charge in [-0.05, 0) is 42.4 Å². The summed E-state index contributed by atoms with van der Waals surface area (Å²) < 4.78 is 0.